The number of nitrogens with zero attached hydrogens (tertiary/aromatic N) is 3. The van der Waals surface area contributed by atoms with Gasteiger partial charge in [0, 0.05) is 10.9 Å². The maximum absolute atomic E-state index is 9.30. The number of anilines is 1. The summed E-state index contributed by atoms with van der Waals surface area (Å²) in [5.41, 5.74) is 8.39. The molecular weight excluding hydrogens is 316 g/mol. The molecule has 1 heterocycles. The van der Waals surface area contributed by atoms with Crippen LogP contribution in [0.1, 0.15) is 43.1 Å². The monoisotopic (exact) mass is 332 g/mol. The molecule has 0 aliphatic carbocycles. The Bertz CT molecular complexity index is 637. The first kappa shape index (κ1) is 14.6. The molecule has 1 aromatic heterocycles. The zero-order valence-electron chi connectivity index (χ0n) is 11.6. The highest BCUT2D eigenvalue weighted by Crippen LogP contribution is 2.24. The zero-order chi connectivity index (χ0) is 14.7. The fourth-order valence-corrected chi connectivity index (χ4v) is 2.31. The van der Waals surface area contributed by atoms with Crippen LogP contribution in [0.2, 0.25) is 0 Å². The van der Waals surface area contributed by atoms with Crippen molar-refractivity contribution in [1.82, 2.24) is 9.78 Å². The lowest BCUT2D eigenvalue weighted by molar-refractivity contribution is 0.481. The number of rotatable bonds is 4. The molecule has 0 radical (unpaired) electrons. The lowest BCUT2D eigenvalue weighted by Crippen LogP contribution is -2.09. The van der Waals surface area contributed by atoms with Crippen molar-refractivity contribution < 1.29 is 0 Å². The topological polar surface area (TPSA) is 67.6 Å². The maximum atomic E-state index is 9.30. The van der Waals surface area contributed by atoms with Crippen LogP contribution in [0.5, 0.6) is 0 Å². The first-order chi connectivity index (χ1) is 9.56. The lowest BCUT2D eigenvalue weighted by atomic mass is 10.1. The highest BCUT2D eigenvalue weighted by molar-refractivity contribution is 9.10. The van der Waals surface area contributed by atoms with Gasteiger partial charge in [-0.25, -0.2) is 4.68 Å². The Kier molecular flexibility index (Phi) is 4.46. The summed E-state index contributed by atoms with van der Waals surface area (Å²) in [6.07, 6.45) is 1.54. The van der Waals surface area contributed by atoms with E-state index in [0.717, 1.165) is 22.2 Å². The Balaban J connectivity index is 2.36. The van der Waals surface area contributed by atoms with Gasteiger partial charge in [0.25, 0.3) is 0 Å². The van der Waals surface area contributed by atoms with Gasteiger partial charge >= 0.3 is 0 Å². The highest BCUT2D eigenvalue weighted by Gasteiger charge is 2.18. The summed E-state index contributed by atoms with van der Waals surface area (Å²) in [7, 11) is 0. The van der Waals surface area contributed by atoms with Crippen molar-refractivity contribution in [3.05, 3.63) is 45.6 Å². The van der Waals surface area contributed by atoms with Crippen LogP contribution in [-0.2, 0) is 6.42 Å². The second-order valence-corrected chi connectivity index (χ2v) is 5.74. The molecule has 0 fully saturated rings. The quantitative estimate of drug-likeness (QED) is 0.928. The van der Waals surface area contributed by atoms with E-state index in [1.54, 1.807) is 4.68 Å². The first-order valence-corrected chi connectivity index (χ1v) is 7.37. The average molecular weight is 333 g/mol. The van der Waals surface area contributed by atoms with E-state index in [1.165, 1.54) is 0 Å². The van der Waals surface area contributed by atoms with Crippen LogP contribution in [0.25, 0.3) is 0 Å². The molecule has 2 rings (SSSR count). The molecule has 104 valence electrons. The smallest absolute Gasteiger partial charge is 0.140 e. The number of halogens is 1. The van der Waals surface area contributed by atoms with Gasteiger partial charge in [0.15, 0.2) is 0 Å². The van der Waals surface area contributed by atoms with Crippen molar-refractivity contribution in [3.63, 3.8) is 0 Å². The van der Waals surface area contributed by atoms with Gasteiger partial charge in [-0.3, -0.25) is 0 Å². The van der Waals surface area contributed by atoms with Crippen molar-refractivity contribution in [2.45, 2.75) is 32.7 Å². The number of aromatic nitrogens is 2. The number of benzene rings is 1. The predicted molar refractivity (Wildman–Crippen MR) is 83.3 cm³/mol. The number of nitrogen functional groups attached to an aromatic ring is 1. The van der Waals surface area contributed by atoms with Gasteiger partial charge in [0.1, 0.15) is 17.5 Å². The van der Waals surface area contributed by atoms with Crippen molar-refractivity contribution in [2.75, 3.05) is 5.73 Å². The van der Waals surface area contributed by atoms with Crippen LogP contribution >= 0.6 is 15.9 Å². The summed E-state index contributed by atoms with van der Waals surface area (Å²) in [6.45, 7) is 4.13. The Morgan fingerprint density at radius 3 is 2.60 bits per heavy atom. The largest absolute Gasteiger partial charge is 0.383 e. The molecule has 1 atom stereocenters. The lowest BCUT2D eigenvalue weighted by Gasteiger charge is -2.10. The molecule has 2 aromatic rings. The summed E-state index contributed by atoms with van der Waals surface area (Å²) in [4.78, 5) is 0. The molecular formula is C15H17BrN4. The number of nitrogens with two attached hydrogens (primary N) is 1. The van der Waals surface area contributed by atoms with Crippen LogP contribution in [0.3, 0.4) is 0 Å². The minimum absolute atomic E-state index is 0.195. The molecule has 0 aliphatic heterocycles. The third-order valence-electron chi connectivity index (χ3n) is 3.42. The third-order valence-corrected chi connectivity index (χ3v) is 3.95. The summed E-state index contributed by atoms with van der Waals surface area (Å²) in [5, 5.41) is 13.8. The number of hydrogen-bond donors (Lipinski definition) is 1. The van der Waals surface area contributed by atoms with Gasteiger partial charge in [-0.1, -0.05) is 35.0 Å². The molecule has 0 spiro atoms. The molecule has 20 heavy (non-hydrogen) atoms. The van der Waals surface area contributed by atoms with Crippen molar-refractivity contribution >= 4 is 21.7 Å². The summed E-state index contributed by atoms with van der Waals surface area (Å²) in [5.74, 6) is 0.467. The van der Waals surface area contributed by atoms with Crippen molar-refractivity contribution in [2.24, 2.45) is 0 Å². The standard InChI is InChI=1S/C15H17BrN4/c1-3-10(2)20-15(18)13(9-17)14(19-20)8-11-4-6-12(16)7-5-11/h4-7,10H,3,8,18H2,1-2H3/t10-/m0/s1. The van der Waals surface area contributed by atoms with E-state index in [-0.39, 0.29) is 6.04 Å². The molecule has 2 N–H and O–H groups in total. The van der Waals surface area contributed by atoms with E-state index < -0.39 is 0 Å². The van der Waals surface area contributed by atoms with Gasteiger partial charge in [0.2, 0.25) is 0 Å². The molecule has 0 aliphatic rings. The molecule has 0 unspecified atom stereocenters. The van der Waals surface area contributed by atoms with E-state index in [4.69, 9.17) is 5.73 Å². The zero-order valence-corrected chi connectivity index (χ0v) is 13.2. The van der Waals surface area contributed by atoms with Crippen LogP contribution < -0.4 is 5.73 Å². The fourth-order valence-electron chi connectivity index (χ4n) is 2.05. The SMILES string of the molecule is CC[C@H](C)n1nc(Cc2ccc(Br)cc2)c(C#N)c1N. The van der Waals surface area contributed by atoms with Crippen LogP contribution in [0.15, 0.2) is 28.7 Å². The third kappa shape index (κ3) is 2.86. The molecule has 0 saturated carbocycles. The second-order valence-electron chi connectivity index (χ2n) is 4.82. The Morgan fingerprint density at radius 2 is 2.05 bits per heavy atom. The average Bonchev–Trinajstić information content (AvgIpc) is 2.76. The van der Waals surface area contributed by atoms with E-state index in [9.17, 15) is 5.26 Å². The molecule has 5 heteroatoms. The molecule has 0 amide bonds. The van der Waals surface area contributed by atoms with Gasteiger partial charge < -0.3 is 5.73 Å². The molecule has 0 bridgehead atoms. The summed E-state index contributed by atoms with van der Waals surface area (Å²) < 4.78 is 2.79. The minimum Gasteiger partial charge on any atom is -0.383 e. The van der Waals surface area contributed by atoms with Gasteiger partial charge in [-0.2, -0.15) is 10.4 Å². The number of nitriles is 1. The Labute approximate surface area is 127 Å². The fraction of sp³-hybridized carbons (Fsp3) is 0.333. The Hall–Kier alpha value is -1.80. The van der Waals surface area contributed by atoms with Gasteiger partial charge in [0.05, 0.1) is 11.7 Å². The van der Waals surface area contributed by atoms with E-state index in [1.807, 2.05) is 31.2 Å². The van der Waals surface area contributed by atoms with E-state index >= 15 is 0 Å². The molecule has 0 saturated heterocycles. The maximum Gasteiger partial charge on any atom is 0.140 e. The summed E-state index contributed by atoms with van der Waals surface area (Å²) in [6, 6.07) is 10.4. The van der Waals surface area contributed by atoms with Gasteiger partial charge in [-0.15, -0.1) is 0 Å². The van der Waals surface area contributed by atoms with E-state index in [0.29, 0.717) is 17.8 Å². The van der Waals surface area contributed by atoms with E-state index in [2.05, 4.69) is 34.0 Å². The minimum atomic E-state index is 0.195. The predicted octanol–water partition coefficient (Wildman–Crippen LogP) is 3.66. The normalized spacial score (nSPS) is 12.1. The molecule has 4 nitrogen and oxygen atoms in total. The molecule has 1 aromatic carbocycles. The van der Waals surface area contributed by atoms with Crippen LogP contribution in [0, 0.1) is 11.3 Å². The van der Waals surface area contributed by atoms with Crippen molar-refractivity contribution in [3.8, 4) is 6.07 Å². The first-order valence-electron chi connectivity index (χ1n) is 6.58. The second kappa shape index (κ2) is 6.10. The summed E-state index contributed by atoms with van der Waals surface area (Å²) >= 11 is 3.41. The van der Waals surface area contributed by atoms with Crippen molar-refractivity contribution in [1.29, 1.82) is 5.26 Å². The highest BCUT2D eigenvalue weighted by atomic mass is 79.9. The number of hydrogen-bond acceptors (Lipinski definition) is 3. The van der Waals surface area contributed by atoms with Crippen LogP contribution in [0.4, 0.5) is 5.82 Å². The van der Waals surface area contributed by atoms with Crippen LogP contribution in [-0.4, -0.2) is 9.78 Å². The van der Waals surface area contributed by atoms with Gasteiger partial charge in [-0.05, 0) is 31.0 Å². The Morgan fingerprint density at radius 1 is 1.40 bits per heavy atom.